The van der Waals surface area contributed by atoms with Gasteiger partial charge in [-0.3, -0.25) is 9.59 Å². The van der Waals surface area contributed by atoms with Gasteiger partial charge in [-0.25, -0.2) is 0 Å². The lowest BCUT2D eigenvalue weighted by molar-refractivity contribution is -0.122. The van der Waals surface area contributed by atoms with E-state index in [1.807, 2.05) is 20.8 Å². The highest BCUT2D eigenvalue weighted by Gasteiger charge is 2.31. The average molecular weight is 349 g/mol. The van der Waals surface area contributed by atoms with E-state index in [2.05, 4.69) is 21.2 Å². The van der Waals surface area contributed by atoms with Gasteiger partial charge in [-0.2, -0.15) is 0 Å². The highest BCUT2D eigenvalue weighted by molar-refractivity contribution is 9.11. The highest BCUT2D eigenvalue weighted by atomic mass is 79.9. The van der Waals surface area contributed by atoms with E-state index in [4.69, 9.17) is 10.5 Å². The van der Waals surface area contributed by atoms with Crippen molar-refractivity contribution in [2.45, 2.75) is 26.8 Å². The molecule has 0 aliphatic rings. The molecule has 0 saturated heterocycles. The number of hydrogen-bond acceptors (Lipinski definition) is 4. The first kappa shape index (κ1) is 16.0. The summed E-state index contributed by atoms with van der Waals surface area (Å²) < 4.78 is 5.82. The molecule has 0 spiro atoms. The van der Waals surface area contributed by atoms with E-state index in [-0.39, 0.29) is 5.91 Å². The Labute approximate surface area is 124 Å². The van der Waals surface area contributed by atoms with E-state index in [1.54, 1.807) is 6.07 Å². The van der Waals surface area contributed by atoms with Gasteiger partial charge in [0.2, 0.25) is 5.91 Å². The molecular formula is C12H17BrN2O3S. The summed E-state index contributed by atoms with van der Waals surface area (Å²) in [6, 6.07) is 0.886. The summed E-state index contributed by atoms with van der Waals surface area (Å²) in [5.41, 5.74) is 4.88. The molecule has 1 aromatic heterocycles. The summed E-state index contributed by atoms with van der Waals surface area (Å²) in [5.74, 6) is -0.308. The smallest absolute Gasteiger partial charge is 0.262 e. The van der Waals surface area contributed by atoms with Crippen molar-refractivity contribution >= 4 is 39.1 Å². The molecule has 0 aliphatic carbocycles. The maximum atomic E-state index is 12.1. The van der Waals surface area contributed by atoms with Crippen molar-refractivity contribution in [2.24, 2.45) is 11.1 Å². The third-order valence-electron chi connectivity index (χ3n) is 2.53. The predicted octanol–water partition coefficient (Wildman–Crippen LogP) is 2.15. The molecule has 1 heterocycles. The summed E-state index contributed by atoms with van der Waals surface area (Å²) in [5, 5.41) is 2.66. The fourth-order valence-corrected chi connectivity index (χ4v) is 3.07. The topological polar surface area (TPSA) is 81.4 Å². The number of rotatable bonds is 4. The lowest BCUT2D eigenvalue weighted by Gasteiger charge is -2.28. The van der Waals surface area contributed by atoms with Crippen molar-refractivity contribution < 1.29 is 14.3 Å². The molecule has 19 heavy (non-hydrogen) atoms. The molecule has 1 rings (SSSR count). The number of amides is 2. The van der Waals surface area contributed by atoms with Gasteiger partial charge in [0.15, 0.2) is 0 Å². The lowest BCUT2D eigenvalue weighted by atomic mass is 9.86. The summed E-state index contributed by atoms with van der Waals surface area (Å²) in [6.45, 7) is 5.52. The number of primary amides is 1. The normalized spacial score (nSPS) is 12.9. The van der Waals surface area contributed by atoms with E-state index < -0.39 is 17.4 Å². The largest absolute Gasteiger partial charge is 0.495 e. The molecule has 7 heteroatoms. The van der Waals surface area contributed by atoms with E-state index in [9.17, 15) is 9.59 Å². The van der Waals surface area contributed by atoms with Gasteiger partial charge in [0.05, 0.1) is 12.0 Å². The molecule has 1 aromatic rings. The number of halogens is 1. The van der Waals surface area contributed by atoms with Crippen LogP contribution in [0.2, 0.25) is 0 Å². The summed E-state index contributed by atoms with van der Waals surface area (Å²) >= 11 is 4.54. The van der Waals surface area contributed by atoms with Crippen LogP contribution in [0.1, 0.15) is 30.4 Å². The standard InChI is InChI=1S/C12H17BrN2O3S/c1-12(2,3)8(10(14)16)15-11(17)7-5-6(18-4)9(13)19-7/h5,8H,1-4H3,(H2,14,16)(H,15,17)/t8-/m1/s1. The van der Waals surface area contributed by atoms with Crippen LogP contribution in [0.5, 0.6) is 5.75 Å². The SMILES string of the molecule is COc1cc(C(=O)N[C@H](C(N)=O)C(C)(C)C)sc1Br. The second-order valence-electron chi connectivity index (χ2n) is 5.13. The highest BCUT2D eigenvalue weighted by Crippen LogP contribution is 2.34. The van der Waals surface area contributed by atoms with Crippen LogP contribution in [0.3, 0.4) is 0 Å². The van der Waals surface area contributed by atoms with Crippen LogP contribution in [0, 0.1) is 5.41 Å². The Balaban J connectivity index is 2.91. The van der Waals surface area contributed by atoms with Crippen LogP contribution in [-0.2, 0) is 4.79 Å². The molecule has 0 fully saturated rings. The fraction of sp³-hybridized carbons (Fsp3) is 0.500. The molecule has 0 bridgehead atoms. The van der Waals surface area contributed by atoms with Crippen LogP contribution in [0.4, 0.5) is 0 Å². The zero-order valence-electron chi connectivity index (χ0n) is 11.2. The Bertz CT molecular complexity index is 494. The number of carbonyl (C=O) groups is 2. The van der Waals surface area contributed by atoms with Crippen LogP contribution in [0.15, 0.2) is 9.85 Å². The molecule has 2 amide bonds. The van der Waals surface area contributed by atoms with Gasteiger partial charge in [-0.1, -0.05) is 20.8 Å². The second kappa shape index (κ2) is 5.92. The van der Waals surface area contributed by atoms with Gasteiger partial charge in [-0.15, -0.1) is 11.3 Å². The summed E-state index contributed by atoms with van der Waals surface area (Å²) in [4.78, 5) is 24.0. The maximum Gasteiger partial charge on any atom is 0.262 e. The van der Waals surface area contributed by atoms with Crippen molar-refractivity contribution in [2.75, 3.05) is 7.11 Å². The minimum atomic E-state index is -0.730. The number of carbonyl (C=O) groups excluding carboxylic acids is 2. The van der Waals surface area contributed by atoms with Crippen molar-refractivity contribution in [3.8, 4) is 5.75 Å². The van der Waals surface area contributed by atoms with Gasteiger partial charge >= 0.3 is 0 Å². The van der Waals surface area contributed by atoms with Crippen molar-refractivity contribution in [3.63, 3.8) is 0 Å². The van der Waals surface area contributed by atoms with Crippen molar-refractivity contribution in [1.82, 2.24) is 5.32 Å². The fourth-order valence-electron chi connectivity index (χ4n) is 1.52. The van der Waals surface area contributed by atoms with Gasteiger partial charge in [0.25, 0.3) is 5.91 Å². The lowest BCUT2D eigenvalue weighted by Crippen LogP contribution is -2.51. The predicted molar refractivity (Wildman–Crippen MR) is 78.5 cm³/mol. The van der Waals surface area contributed by atoms with Gasteiger partial charge in [0.1, 0.15) is 15.6 Å². The Morgan fingerprint density at radius 1 is 1.47 bits per heavy atom. The monoisotopic (exact) mass is 348 g/mol. The minimum absolute atomic E-state index is 0.340. The molecule has 3 N–H and O–H groups in total. The molecule has 1 atom stereocenters. The quantitative estimate of drug-likeness (QED) is 0.874. The van der Waals surface area contributed by atoms with Gasteiger partial charge in [-0.05, 0) is 21.3 Å². The zero-order valence-corrected chi connectivity index (χ0v) is 13.6. The van der Waals surface area contributed by atoms with E-state index in [1.165, 1.54) is 18.4 Å². The van der Waals surface area contributed by atoms with Crippen LogP contribution in [-0.4, -0.2) is 25.0 Å². The number of hydrogen-bond donors (Lipinski definition) is 2. The third-order valence-corrected chi connectivity index (χ3v) is 4.31. The summed E-state index contributed by atoms with van der Waals surface area (Å²) in [6.07, 6.45) is 0. The first-order chi connectivity index (χ1) is 8.66. The minimum Gasteiger partial charge on any atom is -0.495 e. The number of nitrogens with one attached hydrogen (secondary N) is 1. The van der Waals surface area contributed by atoms with Crippen molar-refractivity contribution in [1.29, 1.82) is 0 Å². The average Bonchev–Trinajstić information content (AvgIpc) is 2.65. The molecule has 0 unspecified atom stereocenters. The molecule has 106 valence electrons. The molecule has 0 aromatic carbocycles. The second-order valence-corrected chi connectivity index (χ2v) is 7.50. The van der Waals surface area contributed by atoms with E-state index in [0.717, 1.165) is 3.79 Å². The van der Waals surface area contributed by atoms with Gasteiger partial charge in [0, 0.05) is 6.07 Å². The number of ether oxygens (including phenoxy) is 1. The van der Waals surface area contributed by atoms with Crippen LogP contribution < -0.4 is 15.8 Å². The molecular weight excluding hydrogens is 332 g/mol. The number of methoxy groups -OCH3 is 1. The Morgan fingerprint density at radius 2 is 2.05 bits per heavy atom. The summed E-state index contributed by atoms with van der Waals surface area (Å²) in [7, 11) is 1.52. The van der Waals surface area contributed by atoms with E-state index >= 15 is 0 Å². The first-order valence-corrected chi connectivity index (χ1v) is 7.21. The van der Waals surface area contributed by atoms with Gasteiger partial charge < -0.3 is 15.8 Å². The van der Waals surface area contributed by atoms with Crippen LogP contribution >= 0.6 is 27.3 Å². The molecule has 0 saturated carbocycles. The van der Waals surface area contributed by atoms with Crippen molar-refractivity contribution in [3.05, 3.63) is 14.7 Å². The maximum absolute atomic E-state index is 12.1. The zero-order chi connectivity index (χ0) is 14.8. The Kier molecular flexibility index (Phi) is 4.98. The third kappa shape index (κ3) is 3.94. The number of nitrogens with two attached hydrogens (primary N) is 1. The first-order valence-electron chi connectivity index (χ1n) is 5.60. The molecule has 0 radical (unpaired) electrons. The van der Waals surface area contributed by atoms with Crippen LogP contribution in [0.25, 0.3) is 0 Å². The van der Waals surface area contributed by atoms with E-state index in [0.29, 0.717) is 10.6 Å². The molecule has 5 nitrogen and oxygen atoms in total. The number of thiophene rings is 1. The Morgan fingerprint density at radius 3 is 2.42 bits per heavy atom. The molecule has 0 aliphatic heterocycles. The Hall–Kier alpha value is -1.08.